The van der Waals surface area contributed by atoms with Crippen molar-refractivity contribution in [1.82, 2.24) is 15.5 Å². The average Bonchev–Trinajstić information content (AvgIpc) is 3.45. The van der Waals surface area contributed by atoms with Crippen LogP contribution >= 0.6 is 0 Å². The minimum atomic E-state index is -0.482. The van der Waals surface area contributed by atoms with Crippen LogP contribution in [0, 0.1) is 5.41 Å². The molecule has 28 heavy (non-hydrogen) atoms. The molecule has 0 heterocycles. The summed E-state index contributed by atoms with van der Waals surface area (Å²) in [7, 11) is 0. The molecular formula is C21H42N4O3. The van der Waals surface area contributed by atoms with E-state index in [1.54, 1.807) is 0 Å². The molecule has 0 aliphatic heterocycles. The Morgan fingerprint density at radius 1 is 1.18 bits per heavy atom. The molecule has 0 aromatic heterocycles. The smallest absolute Gasteiger partial charge is 0.410 e. The summed E-state index contributed by atoms with van der Waals surface area (Å²) in [6.45, 7) is 14.9. The summed E-state index contributed by atoms with van der Waals surface area (Å²) in [5, 5.41) is 16.0. The molecule has 0 bridgehead atoms. The number of aliphatic imine (C=N–C) groups is 1. The highest BCUT2D eigenvalue weighted by atomic mass is 16.6. The third-order valence-corrected chi connectivity index (χ3v) is 5.32. The van der Waals surface area contributed by atoms with Crippen LogP contribution in [-0.4, -0.2) is 66.5 Å². The summed E-state index contributed by atoms with van der Waals surface area (Å²) in [4.78, 5) is 19.0. The van der Waals surface area contributed by atoms with Crippen molar-refractivity contribution < 1.29 is 14.6 Å². The number of rotatable bonds is 11. The second kappa shape index (κ2) is 11.5. The van der Waals surface area contributed by atoms with Gasteiger partial charge in [-0.3, -0.25) is 4.99 Å². The van der Waals surface area contributed by atoms with Crippen LogP contribution in [0.3, 0.4) is 0 Å². The van der Waals surface area contributed by atoms with E-state index in [-0.39, 0.29) is 18.1 Å². The predicted octanol–water partition coefficient (Wildman–Crippen LogP) is 3.13. The fourth-order valence-corrected chi connectivity index (χ4v) is 3.16. The number of nitrogens with zero attached hydrogens (tertiary/aromatic N) is 2. The van der Waals surface area contributed by atoms with E-state index >= 15 is 0 Å². The number of amides is 1. The molecule has 0 aromatic carbocycles. The number of aliphatic hydroxyl groups excluding tert-OH is 1. The SMILES string of the molecule is CCNC(=NCC(CC)(CC)CCO)NCCN(C(=O)OC(C)(C)C)C1CC1. The Hall–Kier alpha value is -1.50. The van der Waals surface area contributed by atoms with E-state index in [0.29, 0.717) is 25.7 Å². The number of guanidine groups is 1. The van der Waals surface area contributed by atoms with Gasteiger partial charge in [-0.1, -0.05) is 13.8 Å². The maximum absolute atomic E-state index is 12.5. The molecule has 1 aliphatic rings. The normalized spacial score (nSPS) is 15.3. The quantitative estimate of drug-likeness (QED) is 0.368. The van der Waals surface area contributed by atoms with Crippen LogP contribution in [0.1, 0.15) is 73.6 Å². The molecule has 1 saturated carbocycles. The second-order valence-electron chi connectivity index (χ2n) is 8.71. The van der Waals surface area contributed by atoms with Gasteiger partial charge in [0.2, 0.25) is 0 Å². The zero-order valence-electron chi connectivity index (χ0n) is 18.8. The summed E-state index contributed by atoms with van der Waals surface area (Å²) >= 11 is 0. The molecule has 7 nitrogen and oxygen atoms in total. The molecule has 164 valence electrons. The van der Waals surface area contributed by atoms with Crippen molar-refractivity contribution >= 4 is 12.1 Å². The molecule has 0 atom stereocenters. The lowest BCUT2D eigenvalue weighted by atomic mass is 9.79. The summed E-state index contributed by atoms with van der Waals surface area (Å²) < 4.78 is 5.54. The van der Waals surface area contributed by atoms with Crippen molar-refractivity contribution in [3.05, 3.63) is 0 Å². The minimum absolute atomic E-state index is 0.0354. The number of hydrogen-bond acceptors (Lipinski definition) is 4. The number of carbonyl (C=O) groups is 1. The number of aliphatic hydroxyl groups is 1. The third kappa shape index (κ3) is 8.67. The van der Waals surface area contributed by atoms with Crippen LogP contribution in [0.15, 0.2) is 4.99 Å². The fraction of sp³-hybridized carbons (Fsp3) is 0.905. The van der Waals surface area contributed by atoms with E-state index in [2.05, 4.69) is 24.5 Å². The first-order valence-electron chi connectivity index (χ1n) is 10.8. The van der Waals surface area contributed by atoms with E-state index < -0.39 is 5.60 Å². The molecule has 0 unspecified atom stereocenters. The van der Waals surface area contributed by atoms with Gasteiger partial charge < -0.3 is 25.4 Å². The van der Waals surface area contributed by atoms with Gasteiger partial charge in [0.25, 0.3) is 0 Å². The lowest BCUT2D eigenvalue weighted by Crippen LogP contribution is -2.45. The lowest BCUT2D eigenvalue weighted by Gasteiger charge is -2.30. The maximum Gasteiger partial charge on any atom is 0.410 e. The van der Waals surface area contributed by atoms with E-state index in [9.17, 15) is 9.90 Å². The second-order valence-corrected chi connectivity index (χ2v) is 8.71. The highest BCUT2D eigenvalue weighted by Crippen LogP contribution is 2.30. The van der Waals surface area contributed by atoms with Crippen molar-refractivity contribution in [2.75, 3.05) is 32.8 Å². The number of hydrogen-bond donors (Lipinski definition) is 3. The zero-order chi connectivity index (χ0) is 21.2. The van der Waals surface area contributed by atoms with Gasteiger partial charge in [-0.25, -0.2) is 4.79 Å². The third-order valence-electron chi connectivity index (χ3n) is 5.32. The molecule has 1 fully saturated rings. The van der Waals surface area contributed by atoms with E-state index in [4.69, 9.17) is 9.73 Å². The van der Waals surface area contributed by atoms with Crippen LogP contribution in [0.2, 0.25) is 0 Å². The molecule has 1 aliphatic carbocycles. The highest BCUT2D eigenvalue weighted by Gasteiger charge is 2.34. The van der Waals surface area contributed by atoms with Crippen molar-refractivity contribution in [3.8, 4) is 0 Å². The van der Waals surface area contributed by atoms with Crippen LogP contribution in [0.4, 0.5) is 4.79 Å². The predicted molar refractivity (Wildman–Crippen MR) is 115 cm³/mol. The monoisotopic (exact) mass is 398 g/mol. The average molecular weight is 399 g/mol. The Morgan fingerprint density at radius 2 is 1.82 bits per heavy atom. The van der Waals surface area contributed by atoms with Crippen LogP contribution in [-0.2, 0) is 4.74 Å². The Kier molecular flexibility index (Phi) is 10.1. The number of ether oxygens (including phenoxy) is 1. The Labute approximate surface area is 171 Å². The highest BCUT2D eigenvalue weighted by molar-refractivity contribution is 5.79. The van der Waals surface area contributed by atoms with Crippen molar-refractivity contribution in [1.29, 1.82) is 0 Å². The van der Waals surface area contributed by atoms with Gasteiger partial charge in [0, 0.05) is 38.8 Å². The van der Waals surface area contributed by atoms with E-state index in [1.807, 2.05) is 32.6 Å². The molecular weight excluding hydrogens is 356 g/mol. The topological polar surface area (TPSA) is 86.2 Å². The fourth-order valence-electron chi connectivity index (χ4n) is 3.16. The summed E-state index contributed by atoms with van der Waals surface area (Å²) in [5.74, 6) is 0.756. The Bertz CT molecular complexity index is 494. The van der Waals surface area contributed by atoms with Crippen molar-refractivity contribution in [3.63, 3.8) is 0 Å². The molecule has 1 amide bonds. The molecule has 7 heteroatoms. The first-order valence-corrected chi connectivity index (χ1v) is 10.8. The molecule has 0 saturated heterocycles. The lowest BCUT2D eigenvalue weighted by molar-refractivity contribution is 0.0238. The summed E-state index contributed by atoms with van der Waals surface area (Å²) in [6.07, 6.45) is 4.59. The zero-order valence-corrected chi connectivity index (χ0v) is 18.8. The molecule has 0 aromatic rings. The van der Waals surface area contributed by atoms with Crippen LogP contribution < -0.4 is 10.6 Å². The van der Waals surface area contributed by atoms with Crippen molar-refractivity contribution in [2.24, 2.45) is 10.4 Å². The van der Waals surface area contributed by atoms with Gasteiger partial charge in [-0.15, -0.1) is 0 Å². The Morgan fingerprint density at radius 3 is 2.29 bits per heavy atom. The summed E-state index contributed by atoms with van der Waals surface area (Å²) in [5.41, 5.74) is -0.446. The Balaban J connectivity index is 2.64. The van der Waals surface area contributed by atoms with Gasteiger partial charge in [0.15, 0.2) is 5.96 Å². The first-order chi connectivity index (χ1) is 13.2. The largest absolute Gasteiger partial charge is 0.444 e. The molecule has 1 rings (SSSR count). The van der Waals surface area contributed by atoms with Gasteiger partial charge >= 0.3 is 6.09 Å². The standard InChI is InChI=1S/C21H42N4O3/c1-7-21(8-2,12-15-26)16-24-18(22-9-3)23-13-14-25(17-10-11-17)19(27)28-20(4,5)6/h17,26H,7-16H2,1-6H3,(H2,22,23,24). The molecule has 3 N–H and O–H groups in total. The van der Waals surface area contributed by atoms with Crippen molar-refractivity contribution in [2.45, 2.75) is 85.3 Å². The maximum atomic E-state index is 12.5. The van der Waals surface area contributed by atoms with E-state index in [0.717, 1.165) is 44.6 Å². The summed E-state index contributed by atoms with van der Waals surface area (Å²) in [6, 6.07) is 0.300. The number of nitrogens with one attached hydrogen (secondary N) is 2. The minimum Gasteiger partial charge on any atom is -0.444 e. The van der Waals surface area contributed by atoms with Crippen LogP contribution in [0.5, 0.6) is 0 Å². The van der Waals surface area contributed by atoms with E-state index in [1.165, 1.54) is 0 Å². The van der Waals surface area contributed by atoms with Gasteiger partial charge in [-0.05, 0) is 65.2 Å². The van der Waals surface area contributed by atoms with Gasteiger partial charge in [0.1, 0.15) is 5.60 Å². The number of carbonyl (C=O) groups excluding carboxylic acids is 1. The first kappa shape index (κ1) is 24.5. The molecule has 0 radical (unpaired) electrons. The van der Waals surface area contributed by atoms with Gasteiger partial charge in [0.05, 0.1) is 0 Å². The molecule has 0 spiro atoms. The van der Waals surface area contributed by atoms with Gasteiger partial charge in [-0.2, -0.15) is 0 Å². The van der Waals surface area contributed by atoms with Crippen LogP contribution in [0.25, 0.3) is 0 Å².